The van der Waals surface area contributed by atoms with Crippen molar-refractivity contribution in [2.24, 2.45) is 0 Å². The summed E-state index contributed by atoms with van der Waals surface area (Å²) in [6.45, 7) is 1.05. The van der Waals surface area contributed by atoms with E-state index in [4.69, 9.17) is 9.72 Å². The summed E-state index contributed by atoms with van der Waals surface area (Å²) in [5.74, 6) is -0.163. The molecule has 40 heavy (non-hydrogen) atoms. The number of allylic oxidation sites excluding steroid dienone is 1. The van der Waals surface area contributed by atoms with Crippen molar-refractivity contribution in [2.45, 2.75) is 31.9 Å². The lowest BCUT2D eigenvalue weighted by Crippen LogP contribution is -2.56. The summed E-state index contributed by atoms with van der Waals surface area (Å²) in [5, 5.41) is 2.11. The Morgan fingerprint density at radius 3 is 2.60 bits per heavy atom. The molecule has 2 aliphatic rings. The number of fused-ring (bicyclic) bond motifs is 5. The number of aromatic nitrogens is 2. The Labute approximate surface area is 233 Å². The van der Waals surface area contributed by atoms with Gasteiger partial charge in [-0.1, -0.05) is 60.7 Å². The van der Waals surface area contributed by atoms with Crippen LogP contribution in [0.2, 0.25) is 0 Å². The lowest BCUT2D eigenvalue weighted by atomic mass is 9.95. The number of hydrogen-bond donors (Lipinski definition) is 0. The van der Waals surface area contributed by atoms with Crippen LogP contribution in [0, 0.1) is 0 Å². The van der Waals surface area contributed by atoms with E-state index in [1.807, 2.05) is 66.7 Å². The summed E-state index contributed by atoms with van der Waals surface area (Å²) in [5.41, 5.74) is 7.19. The van der Waals surface area contributed by atoms with Crippen molar-refractivity contribution in [1.29, 1.82) is 0 Å². The molecule has 0 fully saturated rings. The number of benzene rings is 2. The molecule has 0 saturated carbocycles. The van der Waals surface area contributed by atoms with Gasteiger partial charge < -0.3 is 9.64 Å². The van der Waals surface area contributed by atoms with Crippen LogP contribution in [0.25, 0.3) is 0 Å². The molecule has 4 aromatic rings. The van der Waals surface area contributed by atoms with E-state index in [0.29, 0.717) is 13.2 Å². The first kappa shape index (κ1) is 25.4. The number of amides is 1. The van der Waals surface area contributed by atoms with Crippen LogP contribution in [0.5, 0.6) is 5.75 Å². The van der Waals surface area contributed by atoms with Crippen LogP contribution >= 0.6 is 0 Å². The lowest BCUT2D eigenvalue weighted by Gasteiger charge is -2.44. The molecule has 0 radical (unpaired) electrons. The molecule has 0 saturated heterocycles. The fourth-order valence-corrected chi connectivity index (χ4v) is 5.34. The van der Waals surface area contributed by atoms with Crippen LogP contribution in [-0.2, 0) is 13.0 Å². The second-order valence-electron chi connectivity index (χ2n) is 9.90. The number of carbonyl (C=O) groups excluding carboxylic acids is 1. The van der Waals surface area contributed by atoms with E-state index in [9.17, 15) is 9.59 Å². The summed E-state index contributed by atoms with van der Waals surface area (Å²) >= 11 is 0. The maximum Gasteiger partial charge on any atom is 0.277 e. The maximum atomic E-state index is 14.0. The van der Waals surface area contributed by atoms with Crippen LogP contribution in [0.15, 0.2) is 114 Å². The molecule has 2 aromatic heterocycles. The highest BCUT2D eigenvalue weighted by molar-refractivity contribution is 5.96. The van der Waals surface area contributed by atoms with Gasteiger partial charge in [-0.3, -0.25) is 24.3 Å². The van der Waals surface area contributed by atoms with Crippen molar-refractivity contribution in [2.75, 3.05) is 18.2 Å². The van der Waals surface area contributed by atoms with Gasteiger partial charge in [0.1, 0.15) is 19.3 Å². The third-order valence-electron chi connectivity index (χ3n) is 7.29. The van der Waals surface area contributed by atoms with Gasteiger partial charge in [0, 0.05) is 25.0 Å². The molecule has 0 spiro atoms. The molecule has 2 aromatic carbocycles. The van der Waals surface area contributed by atoms with Crippen molar-refractivity contribution in [3.8, 4) is 5.75 Å². The fourth-order valence-electron chi connectivity index (χ4n) is 5.34. The van der Waals surface area contributed by atoms with E-state index in [1.54, 1.807) is 22.0 Å². The first-order chi connectivity index (χ1) is 19.7. The van der Waals surface area contributed by atoms with Crippen molar-refractivity contribution in [3.05, 3.63) is 147 Å². The van der Waals surface area contributed by atoms with Crippen LogP contribution in [0.1, 0.15) is 51.8 Å². The van der Waals surface area contributed by atoms with Gasteiger partial charge in [-0.15, -0.1) is 5.73 Å². The Morgan fingerprint density at radius 1 is 0.925 bits per heavy atom. The average Bonchev–Trinajstić information content (AvgIpc) is 3.00. The molecule has 0 N–H and O–H groups in total. The third-order valence-corrected chi connectivity index (χ3v) is 7.29. The van der Waals surface area contributed by atoms with Gasteiger partial charge in [0.05, 0.1) is 5.69 Å². The molecule has 1 unspecified atom stereocenters. The number of ether oxygens (including phenoxy) is 1. The highest BCUT2D eigenvalue weighted by Gasteiger charge is 2.37. The van der Waals surface area contributed by atoms with Crippen molar-refractivity contribution < 1.29 is 9.53 Å². The van der Waals surface area contributed by atoms with Gasteiger partial charge in [-0.05, 0) is 60.2 Å². The van der Waals surface area contributed by atoms with Crippen LogP contribution < -0.4 is 15.2 Å². The summed E-state index contributed by atoms with van der Waals surface area (Å²) < 4.78 is 7.91. The summed E-state index contributed by atoms with van der Waals surface area (Å²) in [7, 11) is 0. The predicted octanol–water partition coefficient (Wildman–Crippen LogP) is 5.01. The van der Waals surface area contributed by atoms with Crippen molar-refractivity contribution in [1.82, 2.24) is 14.6 Å². The van der Waals surface area contributed by atoms with E-state index < -0.39 is 0 Å². The van der Waals surface area contributed by atoms with Gasteiger partial charge in [0.2, 0.25) is 5.43 Å². The number of hydrogen-bond acceptors (Lipinski definition) is 5. The molecule has 2 bridgehead atoms. The Balaban J connectivity index is 1.54. The first-order valence-corrected chi connectivity index (χ1v) is 13.6. The summed E-state index contributed by atoms with van der Waals surface area (Å²) in [4.78, 5) is 33.8. The largest absolute Gasteiger partial charge is 0.482 e. The third kappa shape index (κ3) is 5.07. The number of carbonyl (C=O) groups is 1. The van der Waals surface area contributed by atoms with Gasteiger partial charge in [0.15, 0.2) is 11.4 Å². The highest BCUT2D eigenvalue weighted by Crippen LogP contribution is 2.33. The zero-order valence-electron chi connectivity index (χ0n) is 22.1. The molecule has 200 valence electrons. The van der Waals surface area contributed by atoms with Gasteiger partial charge in [-0.25, -0.2) is 0 Å². The first-order valence-electron chi connectivity index (χ1n) is 13.6. The van der Waals surface area contributed by atoms with Gasteiger partial charge in [-0.2, -0.15) is 0 Å². The Morgan fingerprint density at radius 2 is 1.75 bits per heavy atom. The quantitative estimate of drug-likeness (QED) is 0.347. The normalized spacial score (nSPS) is 16.8. The molecule has 1 amide bonds. The number of pyridine rings is 2. The topological polar surface area (TPSA) is 67.7 Å². The molecule has 1 atom stereocenters. The second-order valence-corrected chi connectivity index (χ2v) is 9.90. The maximum absolute atomic E-state index is 14.0. The average molecular weight is 531 g/mol. The van der Waals surface area contributed by atoms with Gasteiger partial charge in [0.25, 0.3) is 5.91 Å². The summed E-state index contributed by atoms with van der Waals surface area (Å²) in [6.07, 6.45) is 9.84. The van der Waals surface area contributed by atoms with Crippen LogP contribution in [-0.4, -0.2) is 33.7 Å². The van der Waals surface area contributed by atoms with E-state index >= 15 is 0 Å². The van der Waals surface area contributed by atoms with E-state index in [-0.39, 0.29) is 35.4 Å². The van der Waals surface area contributed by atoms with E-state index in [0.717, 1.165) is 41.6 Å². The molecule has 7 heteroatoms. The Bertz CT molecular complexity index is 1620. The number of rotatable bonds is 4. The Hall–Kier alpha value is -4.87. The zero-order chi connectivity index (χ0) is 27.3. The van der Waals surface area contributed by atoms with Crippen LogP contribution in [0.4, 0.5) is 0 Å². The molecule has 2 aliphatic heterocycles. The molecular formula is C33H30N4O3. The minimum Gasteiger partial charge on any atom is -0.482 e. The molecule has 7 nitrogen and oxygen atoms in total. The highest BCUT2D eigenvalue weighted by atomic mass is 16.5. The smallest absolute Gasteiger partial charge is 0.277 e. The Kier molecular flexibility index (Phi) is 7.29. The molecular weight excluding hydrogens is 500 g/mol. The van der Waals surface area contributed by atoms with Crippen LogP contribution in [0.3, 0.4) is 0 Å². The molecule has 4 heterocycles. The standard InChI is InChI=1S/C33H30N4O3/c38-29-19-22-36-31(32(29)40-23-25-13-5-4-6-14-25)33(39)35-21-12-3-1-2-7-15-26-16-8-9-17-27(26)30(37(36)24-35)28-18-10-11-20-34-28/h1,4-11,13-14,16-20,22,30H,3,12,15,21,23-24H2. The monoisotopic (exact) mass is 530 g/mol. The lowest BCUT2D eigenvalue weighted by molar-refractivity contribution is 0.0674. The zero-order valence-corrected chi connectivity index (χ0v) is 22.1. The van der Waals surface area contributed by atoms with E-state index in [1.165, 1.54) is 6.07 Å². The minimum absolute atomic E-state index is 0.0602. The van der Waals surface area contributed by atoms with Crippen molar-refractivity contribution in [3.63, 3.8) is 0 Å². The minimum atomic E-state index is -0.325. The van der Waals surface area contributed by atoms with Gasteiger partial charge >= 0.3 is 0 Å². The van der Waals surface area contributed by atoms with E-state index in [2.05, 4.69) is 28.9 Å². The molecule has 0 aliphatic carbocycles. The predicted molar refractivity (Wildman–Crippen MR) is 154 cm³/mol. The SMILES string of the molecule is O=C1c2c(OCc3ccccc3)c(=O)ccn2N2CN1CCCC=C=CCc1ccccc1C2c1ccccn1. The second kappa shape index (κ2) is 11.5. The van der Waals surface area contributed by atoms with Crippen molar-refractivity contribution >= 4 is 5.91 Å². The molecule has 6 rings (SSSR count). The summed E-state index contributed by atoms with van der Waals surface area (Å²) in [6, 6.07) is 25.0. The fraction of sp³-hybridized carbons (Fsp3) is 0.212. The number of nitrogens with zero attached hydrogens (tertiary/aromatic N) is 4.